The van der Waals surface area contributed by atoms with E-state index in [0.717, 1.165) is 17.2 Å². The first kappa shape index (κ1) is 14.3. The Balaban J connectivity index is 2.53. The number of nitrogens with two attached hydrogens (primary N) is 1. The van der Waals surface area contributed by atoms with Crippen molar-refractivity contribution >= 4 is 22.5 Å². The second kappa shape index (κ2) is 5.88. The summed E-state index contributed by atoms with van der Waals surface area (Å²) >= 11 is 0. The Morgan fingerprint density at radius 3 is 2.65 bits per heavy atom. The molecule has 0 saturated carbocycles. The molecule has 20 heavy (non-hydrogen) atoms. The maximum Gasteiger partial charge on any atom is 0.256 e. The van der Waals surface area contributed by atoms with Crippen LogP contribution >= 0.6 is 0 Å². The molecule has 1 atom stereocenters. The number of anilines is 1. The van der Waals surface area contributed by atoms with Gasteiger partial charge in [-0.2, -0.15) is 0 Å². The number of benzene rings is 1. The molecule has 1 aromatic carbocycles. The SMILES string of the molecule is CCC(C)N(C)C(=O)c1cnc(NN)c2ccccc12. The molecular formula is C15H20N4O. The largest absolute Gasteiger partial charge is 0.339 e. The number of nitrogens with zero attached hydrogens (tertiary/aromatic N) is 2. The summed E-state index contributed by atoms with van der Waals surface area (Å²) in [6.45, 7) is 4.09. The molecule has 0 saturated heterocycles. The molecule has 0 radical (unpaired) electrons. The summed E-state index contributed by atoms with van der Waals surface area (Å²) in [6, 6.07) is 7.81. The highest BCUT2D eigenvalue weighted by atomic mass is 16.2. The van der Waals surface area contributed by atoms with E-state index in [0.29, 0.717) is 11.4 Å². The van der Waals surface area contributed by atoms with Gasteiger partial charge in [-0.1, -0.05) is 31.2 Å². The number of amides is 1. The lowest BCUT2D eigenvalue weighted by atomic mass is 10.1. The van der Waals surface area contributed by atoms with Crippen LogP contribution in [0.25, 0.3) is 10.8 Å². The van der Waals surface area contributed by atoms with Gasteiger partial charge < -0.3 is 10.3 Å². The zero-order chi connectivity index (χ0) is 14.7. The standard InChI is InChI=1S/C15H20N4O/c1-4-10(2)19(3)15(20)13-9-17-14(18-16)12-8-6-5-7-11(12)13/h5-10H,4,16H2,1-3H3,(H,17,18). The normalized spacial score (nSPS) is 12.2. The van der Waals surface area contributed by atoms with Gasteiger partial charge in [-0.3, -0.25) is 4.79 Å². The molecule has 0 fully saturated rings. The van der Waals surface area contributed by atoms with E-state index in [4.69, 9.17) is 5.84 Å². The molecule has 2 rings (SSSR count). The van der Waals surface area contributed by atoms with Crippen molar-refractivity contribution < 1.29 is 4.79 Å². The summed E-state index contributed by atoms with van der Waals surface area (Å²) in [4.78, 5) is 18.6. The molecule has 1 heterocycles. The molecule has 0 aliphatic rings. The van der Waals surface area contributed by atoms with Crippen molar-refractivity contribution in [3.8, 4) is 0 Å². The van der Waals surface area contributed by atoms with Gasteiger partial charge in [-0.15, -0.1) is 0 Å². The summed E-state index contributed by atoms with van der Waals surface area (Å²) in [5, 5.41) is 1.70. The molecule has 2 aromatic rings. The minimum Gasteiger partial charge on any atom is -0.339 e. The summed E-state index contributed by atoms with van der Waals surface area (Å²) < 4.78 is 0. The van der Waals surface area contributed by atoms with Crippen LogP contribution in [-0.4, -0.2) is 28.9 Å². The number of hydrazine groups is 1. The Kier molecular flexibility index (Phi) is 4.20. The predicted molar refractivity (Wildman–Crippen MR) is 81.4 cm³/mol. The van der Waals surface area contributed by atoms with Crippen LogP contribution in [0, 0.1) is 0 Å². The number of hydrogen-bond donors (Lipinski definition) is 2. The highest BCUT2D eigenvalue weighted by Crippen LogP contribution is 2.25. The molecule has 5 heteroatoms. The van der Waals surface area contributed by atoms with Crippen LogP contribution in [0.3, 0.4) is 0 Å². The first-order valence-electron chi connectivity index (χ1n) is 6.71. The Morgan fingerprint density at radius 2 is 2.05 bits per heavy atom. The summed E-state index contributed by atoms with van der Waals surface area (Å²) in [7, 11) is 1.82. The van der Waals surface area contributed by atoms with E-state index < -0.39 is 0 Å². The fourth-order valence-corrected chi connectivity index (χ4v) is 2.14. The molecule has 0 bridgehead atoms. The van der Waals surface area contributed by atoms with Crippen LogP contribution in [-0.2, 0) is 0 Å². The Morgan fingerprint density at radius 1 is 1.40 bits per heavy atom. The minimum atomic E-state index is -0.0216. The highest BCUT2D eigenvalue weighted by molar-refractivity contribution is 6.09. The van der Waals surface area contributed by atoms with Gasteiger partial charge in [0.05, 0.1) is 5.56 Å². The monoisotopic (exact) mass is 272 g/mol. The highest BCUT2D eigenvalue weighted by Gasteiger charge is 2.19. The van der Waals surface area contributed by atoms with Gasteiger partial charge >= 0.3 is 0 Å². The van der Waals surface area contributed by atoms with Crippen molar-refractivity contribution in [3.63, 3.8) is 0 Å². The number of nitrogens with one attached hydrogen (secondary N) is 1. The lowest BCUT2D eigenvalue weighted by molar-refractivity contribution is 0.0742. The van der Waals surface area contributed by atoms with Crippen molar-refractivity contribution in [1.82, 2.24) is 9.88 Å². The third-order valence-electron chi connectivity index (χ3n) is 3.73. The Labute approximate surface area is 118 Å². The van der Waals surface area contributed by atoms with Crippen molar-refractivity contribution in [2.45, 2.75) is 26.3 Å². The molecule has 1 aromatic heterocycles. The summed E-state index contributed by atoms with van der Waals surface area (Å²) in [5.41, 5.74) is 3.16. The maximum absolute atomic E-state index is 12.6. The van der Waals surface area contributed by atoms with E-state index in [1.807, 2.05) is 38.2 Å². The van der Waals surface area contributed by atoms with Crippen LogP contribution < -0.4 is 11.3 Å². The van der Waals surface area contributed by atoms with Crippen LogP contribution in [0.1, 0.15) is 30.6 Å². The van der Waals surface area contributed by atoms with Crippen LogP contribution in [0.2, 0.25) is 0 Å². The first-order chi connectivity index (χ1) is 9.60. The van der Waals surface area contributed by atoms with E-state index in [-0.39, 0.29) is 11.9 Å². The second-order valence-electron chi connectivity index (χ2n) is 4.88. The number of nitrogen functional groups attached to an aromatic ring is 1. The Hall–Kier alpha value is -2.14. The van der Waals surface area contributed by atoms with E-state index in [2.05, 4.69) is 17.3 Å². The van der Waals surface area contributed by atoms with Gasteiger partial charge in [0.1, 0.15) is 5.82 Å². The number of carbonyl (C=O) groups is 1. The van der Waals surface area contributed by atoms with Gasteiger partial charge in [-0.05, 0) is 18.7 Å². The van der Waals surface area contributed by atoms with Gasteiger partial charge in [0.15, 0.2) is 0 Å². The van der Waals surface area contributed by atoms with Gasteiger partial charge in [0.25, 0.3) is 5.91 Å². The molecule has 0 spiro atoms. The molecule has 0 aliphatic heterocycles. The fraction of sp³-hybridized carbons (Fsp3) is 0.333. The zero-order valence-electron chi connectivity index (χ0n) is 12.1. The van der Waals surface area contributed by atoms with Crippen LogP contribution in [0.4, 0.5) is 5.82 Å². The van der Waals surface area contributed by atoms with Crippen molar-refractivity contribution in [3.05, 3.63) is 36.0 Å². The molecule has 3 N–H and O–H groups in total. The number of rotatable bonds is 4. The summed E-state index contributed by atoms with van der Waals surface area (Å²) in [5.74, 6) is 6.01. The lowest BCUT2D eigenvalue weighted by Crippen LogP contribution is -2.34. The third-order valence-corrected chi connectivity index (χ3v) is 3.73. The number of fused-ring (bicyclic) bond motifs is 1. The number of aromatic nitrogens is 1. The van der Waals surface area contributed by atoms with Crippen LogP contribution in [0.15, 0.2) is 30.5 Å². The minimum absolute atomic E-state index is 0.0216. The van der Waals surface area contributed by atoms with E-state index in [1.54, 1.807) is 11.1 Å². The van der Waals surface area contributed by atoms with Crippen molar-refractivity contribution in [2.75, 3.05) is 12.5 Å². The average molecular weight is 272 g/mol. The van der Waals surface area contributed by atoms with E-state index in [9.17, 15) is 4.79 Å². The zero-order valence-corrected chi connectivity index (χ0v) is 12.1. The molecular weight excluding hydrogens is 252 g/mol. The smallest absolute Gasteiger partial charge is 0.256 e. The quantitative estimate of drug-likeness (QED) is 0.662. The fourth-order valence-electron chi connectivity index (χ4n) is 2.14. The third kappa shape index (κ3) is 2.44. The lowest BCUT2D eigenvalue weighted by Gasteiger charge is -2.24. The second-order valence-corrected chi connectivity index (χ2v) is 4.88. The summed E-state index contributed by atoms with van der Waals surface area (Å²) in [6.07, 6.45) is 2.49. The van der Waals surface area contributed by atoms with Gasteiger partial charge in [0, 0.05) is 24.7 Å². The molecule has 1 amide bonds. The van der Waals surface area contributed by atoms with Crippen LogP contribution in [0.5, 0.6) is 0 Å². The van der Waals surface area contributed by atoms with Crippen molar-refractivity contribution in [1.29, 1.82) is 0 Å². The molecule has 0 aliphatic carbocycles. The molecule has 5 nitrogen and oxygen atoms in total. The van der Waals surface area contributed by atoms with E-state index >= 15 is 0 Å². The van der Waals surface area contributed by atoms with Gasteiger partial charge in [-0.25, -0.2) is 10.8 Å². The van der Waals surface area contributed by atoms with E-state index in [1.165, 1.54) is 0 Å². The molecule has 1 unspecified atom stereocenters. The number of pyridine rings is 1. The topological polar surface area (TPSA) is 71.2 Å². The first-order valence-corrected chi connectivity index (χ1v) is 6.71. The van der Waals surface area contributed by atoms with Crippen molar-refractivity contribution in [2.24, 2.45) is 5.84 Å². The molecule has 106 valence electrons. The predicted octanol–water partition coefficient (Wildman–Crippen LogP) is 2.39. The number of carbonyl (C=O) groups excluding carboxylic acids is 1. The van der Waals surface area contributed by atoms with Gasteiger partial charge in [0.2, 0.25) is 0 Å². The average Bonchev–Trinajstić information content (AvgIpc) is 2.51. The maximum atomic E-state index is 12.6. The Bertz CT molecular complexity index is 626. The number of hydrogen-bond acceptors (Lipinski definition) is 4.